The van der Waals surface area contributed by atoms with Gasteiger partial charge in [-0.05, 0) is 49.1 Å². The van der Waals surface area contributed by atoms with Crippen LogP contribution in [0.1, 0.15) is 65.2 Å². The van der Waals surface area contributed by atoms with Crippen molar-refractivity contribution >= 4 is 37.9 Å². The Bertz CT molecular complexity index is 1170. The van der Waals surface area contributed by atoms with Crippen LogP contribution in [0.5, 0.6) is 0 Å². The van der Waals surface area contributed by atoms with Gasteiger partial charge >= 0.3 is 5.97 Å². The summed E-state index contributed by atoms with van der Waals surface area (Å²) in [6.45, 7) is 6.80. The summed E-state index contributed by atoms with van der Waals surface area (Å²) in [6, 6.07) is 10.8. The molecule has 0 amide bonds. The monoisotopic (exact) mass is 579 g/mol. The molecule has 0 spiro atoms. The van der Waals surface area contributed by atoms with Gasteiger partial charge < -0.3 is 14.6 Å². The van der Waals surface area contributed by atoms with E-state index < -0.39 is 15.8 Å². The molecule has 216 valence electrons. The lowest BCUT2D eigenvalue weighted by Gasteiger charge is -2.26. The van der Waals surface area contributed by atoms with Crippen molar-refractivity contribution in [2.45, 2.75) is 51.6 Å². The highest BCUT2D eigenvalue weighted by molar-refractivity contribution is 8.01. The fourth-order valence-electron chi connectivity index (χ4n) is 4.27. The minimum absolute atomic E-state index is 0.310. The topological polar surface area (TPSA) is 108 Å². The number of morpholine rings is 1. The van der Waals surface area contributed by atoms with E-state index in [1.165, 1.54) is 22.0 Å². The number of esters is 1. The number of benzene rings is 1. The van der Waals surface area contributed by atoms with E-state index in [2.05, 4.69) is 17.2 Å². The Hall–Kier alpha value is -2.24. The molecule has 2 unspecified atom stereocenters. The number of carbonyl (C=O) groups excluding carboxylic acids is 2. The van der Waals surface area contributed by atoms with Gasteiger partial charge in [0.05, 0.1) is 25.0 Å². The van der Waals surface area contributed by atoms with Crippen molar-refractivity contribution < 1.29 is 28.4 Å². The number of hydrazine groups is 1. The summed E-state index contributed by atoms with van der Waals surface area (Å²) in [5, 5.41) is 12.1. The number of aliphatic hydroxyl groups excluding tert-OH is 1. The summed E-state index contributed by atoms with van der Waals surface area (Å²) < 4.78 is 25.0. The number of hydrogen-bond acceptors (Lipinski definition) is 9. The number of rotatable bonds is 16. The Balaban J connectivity index is 1.47. The number of aryl methyl sites for hydroxylation is 1. The summed E-state index contributed by atoms with van der Waals surface area (Å²) in [5.74, 6) is -0.310. The van der Waals surface area contributed by atoms with Crippen molar-refractivity contribution in [2.24, 2.45) is 0 Å². The van der Waals surface area contributed by atoms with Gasteiger partial charge in [0.2, 0.25) is 5.23 Å². The number of ether oxygens (including phenoxy) is 2. The van der Waals surface area contributed by atoms with E-state index >= 15 is 0 Å². The SMILES string of the molecule is CCCCCC(O)c1ccc(N(NCCCc2ccc(C(=O)OCCN3CCOCC3)s2)S(C)(=O)=C=O)cc1. The first-order chi connectivity index (χ1) is 18.8. The van der Waals surface area contributed by atoms with Crippen LogP contribution in [0.15, 0.2) is 36.4 Å². The molecule has 3 rings (SSSR count). The molecule has 2 N–H and O–H groups in total. The van der Waals surface area contributed by atoms with Crippen LogP contribution in [0, 0.1) is 0 Å². The van der Waals surface area contributed by atoms with Crippen molar-refractivity contribution in [3.63, 3.8) is 0 Å². The van der Waals surface area contributed by atoms with Crippen molar-refractivity contribution in [1.29, 1.82) is 0 Å². The van der Waals surface area contributed by atoms with E-state index in [9.17, 15) is 18.9 Å². The standard InChI is InChI=1S/C28H41N3O6S2/c1-3-4-5-8-26(33)23-9-11-24(12-10-23)31(39(2,35)22-32)29-15-6-7-25-13-14-27(38-25)28(34)37-21-18-30-16-19-36-20-17-30/h9-14,26,29,33H,3-8,15-21H2,1-2H3. The summed E-state index contributed by atoms with van der Waals surface area (Å²) in [7, 11) is -3.10. The molecule has 2 aromatic rings. The van der Waals surface area contributed by atoms with E-state index in [0.29, 0.717) is 62.7 Å². The molecule has 1 aliphatic heterocycles. The first kappa shape index (κ1) is 31.3. The van der Waals surface area contributed by atoms with Gasteiger partial charge in [-0.2, -0.15) is 0 Å². The van der Waals surface area contributed by atoms with Crippen LogP contribution in [0.2, 0.25) is 0 Å². The Kier molecular flexibility index (Phi) is 12.9. The molecule has 0 aliphatic carbocycles. The third-order valence-electron chi connectivity index (χ3n) is 6.56. The summed E-state index contributed by atoms with van der Waals surface area (Å²) in [4.78, 5) is 27.7. The molecular weight excluding hydrogens is 538 g/mol. The number of hydrogen-bond donors (Lipinski definition) is 2. The molecule has 1 aromatic carbocycles. The van der Waals surface area contributed by atoms with Crippen LogP contribution in [0.4, 0.5) is 5.69 Å². The van der Waals surface area contributed by atoms with Gasteiger partial charge in [0.25, 0.3) is 0 Å². The highest BCUT2D eigenvalue weighted by Gasteiger charge is 2.17. The van der Waals surface area contributed by atoms with Crippen LogP contribution in [0.25, 0.3) is 0 Å². The van der Waals surface area contributed by atoms with Gasteiger partial charge in [-0.1, -0.05) is 38.3 Å². The van der Waals surface area contributed by atoms with E-state index in [4.69, 9.17) is 9.47 Å². The molecule has 1 aromatic heterocycles. The smallest absolute Gasteiger partial charge is 0.348 e. The normalized spacial score (nSPS) is 16.3. The zero-order chi connectivity index (χ0) is 28.1. The Labute approximate surface area is 236 Å². The Morgan fingerprint density at radius 3 is 2.64 bits per heavy atom. The predicted octanol–water partition coefficient (Wildman–Crippen LogP) is 3.69. The van der Waals surface area contributed by atoms with Gasteiger partial charge in [-0.3, -0.25) is 4.90 Å². The molecule has 1 fully saturated rings. The third-order valence-corrected chi connectivity index (χ3v) is 9.03. The van der Waals surface area contributed by atoms with Gasteiger partial charge in [0.1, 0.15) is 21.2 Å². The van der Waals surface area contributed by atoms with E-state index in [0.717, 1.165) is 42.8 Å². The zero-order valence-corrected chi connectivity index (χ0v) is 24.6. The molecule has 39 heavy (non-hydrogen) atoms. The largest absolute Gasteiger partial charge is 0.460 e. The first-order valence-corrected chi connectivity index (χ1v) is 16.3. The molecular formula is C28H41N3O6S2. The number of anilines is 1. The molecule has 1 saturated heterocycles. The lowest BCUT2D eigenvalue weighted by molar-refractivity contribution is 0.0197. The van der Waals surface area contributed by atoms with Crippen LogP contribution >= 0.6 is 11.3 Å². The minimum atomic E-state index is -3.10. The second kappa shape index (κ2) is 16.1. The fourth-order valence-corrected chi connectivity index (χ4v) is 6.15. The molecule has 2 atom stereocenters. The summed E-state index contributed by atoms with van der Waals surface area (Å²) >= 11 is 1.41. The molecule has 9 nitrogen and oxygen atoms in total. The maximum absolute atomic E-state index is 12.9. The number of nitrogens with one attached hydrogen (secondary N) is 1. The van der Waals surface area contributed by atoms with E-state index in [1.54, 1.807) is 35.6 Å². The van der Waals surface area contributed by atoms with Crippen molar-refractivity contribution in [1.82, 2.24) is 10.3 Å². The number of carbonyl (C=O) groups is 1. The van der Waals surface area contributed by atoms with Crippen LogP contribution < -0.4 is 9.84 Å². The number of aliphatic hydroxyl groups is 1. The van der Waals surface area contributed by atoms with Crippen LogP contribution in [-0.2, 0) is 30.4 Å². The van der Waals surface area contributed by atoms with Crippen molar-refractivity contribution in [3.8, 4) is 0 Å². The van der Waals surface area contributed by atoms with E-state index in [1.807, 2.05) is 6.07 Å². The number of unbranched alkanes of at least 4 members (excludes halogenated alkanes) is 2. The molecule has 0 saturated carbocycles. The fraction of sp³-hybridized carbons (Fsp3) is 0.571. The average molecular weight is 580 g/mol. The van der Waals surface area contributed by atoms with Crippen LogP contribution in [-0.4, -0.2) is 77.7 Å². The quantitative estimate of drug-likeness (QED) is 0.134. The lowest BCUT2D eigenvalue weighted by atomic mass is 10.0. The van der Waals surface area contributed by atoms with Crippen molar-refractivity contribution in [2.75, 3.05) is 56.7 Å². The highest BCUT2D eigenvalue weighted by atomic mass is 32.2. The number of thiophene rings is 1. The Morgan fingerprint density at radius 1 is 1.21 bits per heavy atom. The third kappa shape index (κ3) is 10.0. The predicted molar refractivity (Wildman–Crippen MR) is 156 cm³/mol. The minimum Gasteiger partial charge on any atom is -0.460 e. The molecule has 0 radical (unpaired) electrons. The van der Waals surface area contributed by atoms with Gasteiger partial charge in [0.15, 0.2) is 0 Å². The average Bonchev–Trinajstić information content (AvgIpc) is 3.43. The molecule has 11 heteroatoms. The Morgan fingerprint density at radius 2 is 1.95 bits per heavy atom. The maximum Gasteiger partial charge on any atom is 0.348 e. The number of nitrogens with zero attached hydrogens (tertiary/aromatic N) is 2. The lowest BCUT2D eigenvalue weighted by Crippen LogP contribution is -2.43. The zero-order valence-electron chi connectivity index (χ0n) is 22.9. The van der Waals surface area contributed by atoms with E-state index in [-0.39, 0.29) is 5.97 Å². The van der Waals surface area contributed by atoms with Gasteiger partial charge in [0, 0.05) is 37.3 Å². The van der Waals surface area contributed by atoms with Crippen LogP contribution in [0.3, 0.4) is 0 Å². The van der Waals surface area contributed by atoms with Gasteiger partial charge in [-0.25, -0.2) is 23.6 Å². The summed E-state index contributed by atoms with van der Waals surface area (Å²) in [6.07, 6.45) is 6.03. The molecule has 0 bridgehead atoms. The van der Waals surface area contributed by atoms with Crippen molar-refractivity contribution in [3.05, 3.63) is 51.7 Å². The highest BCUT2D eigenvalue weighted by Crippen LogP contribution is 2.24. The first-order valence-electron chi connectivity index (χ1n) is 13.6. The van der Waals surface area contributed by atoms with Gasteiger partial charge in [-0.15, -0.1) is 11.3 Å². The second-order valence-corrected chi connectivity index (χ2v) is 13.0. The summed E-state index contributed by atoms with van der Waals surface area (Å²) in [5.41, 5.74) is 4.46. The second-order valence-electron chi connectivity index (χ2n) is 9.65. The maximum atomic E-state index is 12.9. The molecule has 2 heterocycles. The molecule has 1 aliphatic rings.